The van der Waals surface area contributed by atoms with E-state index in [1.165, 1.54) is 18.6 Å². The topological polar surface area (TPSA) is 12.5 Å². The van der Waals surface area contributed by atoms with Crippen molar-refractivity contribution in [2.75, 3.05) is 26.8 Å². The van der Waals surface area contributed by atoms with Crippen LogP contribution in [0.3, 0.4) is 0 Å². The Morgan fingerprint density at radius 2 is 1.74 bits per heavy atom. The van der Waals surface area contributed by atoms with Crippen LogP contribution >= 0.6 is 0 Å². The smallest absolute Gasteiger partial charge is 0.383 e. The van der Waals surface area contributed by atoms with Gasteiger partial charge in [0.1, 0.15) is 0 Å². The highest BCUT2D eigenvalue weighted by Gasteiger charge is 2.31. The SMILES string of the molecule is COC[C@H]1CCCN1CCC(C)(C)c1ccc(C(F)(F)F)cc1. The van der Waals surface area contributed by atoms with Crippen LogP contribution in [0.5, 0.6) is 0 Å². The van der Waals surface area contributed by atoms with Gasteiger partial charge in [-0.15, -0.1) is 0 Å². The first-order chi connectivity index (χ1) is 10.7. The first-order valence-corrected chi connectivity index (χ1v) is 8.15. The summed E-state index contributed by atoms with van der Waals surface area (Å²) in [6.07, 6.45) is -1.01. The summed E-state index contributed by atoms with van der Waals surface area (Å²) >= 11 is 0. The number of halogens is 3. The Bertz CT molecular complexity index is 496. The number of hydrogen-bond acceptors (Lipinski definition) is 2. The number of benzene rings is 1. The van der Waals surface area contributed by atoms with Crippen molar-refractivity contribution in [3.63, 3.8) is 0 Å². The van der Waals surface area contributed by atoms with Crippen LogP contribution in [0.25, 0.3) is 0 Å². The fourth-order valence-electron chi connectivity index (χ4n) is 3.25. The van der Waals surface area contributed by atoms with Gasteiger partial charge in [0.15, 0.2) is 0 Å². The van der Waals surface area contributed by atoms with Gasteiger partial charge in [-0.3, -0.25) is 4.90 Å². The first-order valence-electron chi connectivity index (χ1n) is 8.15. The van der Waals surface area contributed by atoms with Gasteiger partial charge >= 0.3 is 6.18 Å². The second-order valence-corrected chi connectivity index (χ2v) is 7.00. The van der Waals surface area contributed by atoms with Crippen LogP contribution in [0.4, 0.5) is 13.2 Å². The highest BCUT2D eigenvalue weighted by atomic mass is 19.4. The summed E-state index contributed by atoms with van der Waals surface area (Å²) in [5, 5.41) is 0. The van der Waals surface area contributed by atoms with Crippen molar-refractivity contribution in [2.24, 2.45) is 0 Å². The van der Waals surface area contributed by atoms with Crippen molar-refractivity contribution in [2.45, 2.75) is 50.7 Å². The lowest BCUT2D eigenvalue weighted by Gasteiger charge is -2.31. The Balaban J connectivity index is 1.98. The molecule has 1 saturated heterocycles. The molecule has 0 N–H and O–H groups in total. The van der Waals surface area contributed by atoms with Crippen LogP contribution in [0, 0.1) is 0 Å². The van der Waals surface area contributed by atoms with Gasteiger partial charge in [0.25, 0.3) is 0 Å². The molecule has 1 aromatic rings. The molecule has 1 aromatic carbocycles. The number of nitrogens with zero attached hydrogens (tertiary/aromatic N) is 1. The van der Waals surface area contributed by atoms with E-state index >= 15 is 0 Å². The monoisotopic (exact) mass is 329 g/mol. The van der Waals surface area contributed by atoms with Gasteiger partial charge in [-0.05, 0) is 55.5 Å². The molecule has 1 fully saturated rings. The molecule has 1 atom stereocenters. The molecule has 0 aromatic heterocycles. The number of rotatable bonds is 6. The van der Waals surface area contributed by atoms with E-state index in [0.717, 1.165) is 38.1 Å². The fraction of sp³-hybridized carbons (Fsp3) is 0.667. The predicted molar refractivity (Wildman–Crippen MR) is 85.6 cm³/mol. The van der Waals surface area contributed by atoms with E-state index in [0.29, 0.717) is 6.04 Å². The summed E-state index contributed by atoms with van der Waals surface area (Å²) in [7, 11) is 1.72. The highest BCUT2D eigenvalue weighted by molar-refractivity contribution is 5.29. The van der Waals surface area contributed by atoms with E-state index in [9.17, 15) is 13.2 Å². The number of alkyl halides is 3. The molecule has 0 spiro atoms. The van der Waals surface area contributed by atoms with E-state index < -0.39 is 11.7 Å². The zero-order valence-electron chi connectivity index (χ0n) is 14.1. The predicted octanol–water partition coefficient (Wildman–Crippen LogP) is 4.48. The molecule has 0 bridgehead atoms. The third-order valence-corrected chi connectivity index (χ3v) is 4.88. The van der Waals surface area contributed by atoms with Crippen molar-refractivity contribution in [3.8, 4) is 0 Å². The van der Waals surface area contributed by atoms with Gasteiger partial charge < -0.3 is 4.74 Å². The Labute approximate surface area is 136 Å². The first kappa shape index (κ1) is 18.3. The van der Waals surface area contributed by atoms with Crippen LogP contribution in [0.15, 0.2) is 24.3 Å². The van der Waals surface area contributed by atoms with E-state index in [1.807, 2.05) is 0 Å². The van der Waals surface area contributed by atoms with Crippen LogP contribution in [0.2, 0.25) is 0 Å². The maximum absolute atomic E-state index is 12.7. The summed E-state index contributed by atoms with van der Waals surface area (Å²) in [4.78, 5) is 2.44. The van der Waals surface area contributed by atoms with Gasteiger partial charge in [0.2, 0.25) is 0 Å². The van der Waals surface area contributed by atoms with Gasteiger partial charge in [0, 0.05) is 13.2 Å². The minimum Gasteiger partial charge on any atom is -0.383 e. The summed E-state index contributed by atoms with van der Waals surface area (Å²) in [5.41, 5.74) is 0.217. The molecule has 0 radical (unpaired) electrons. The molecule has 0 aliphatic carbocycles. The molecule has 2 rings (SSSR count). The van der Waals surface area contributed by atoms with Crippen LogP contribution < -0.4 is 0 Å². The Morgan fingerprint density at radius 1 is 1.13 bits per heavy atom. The second kappa shape index (κ2) is 7.22. The lowest BCUT2D eigenvalue weighted by Crippen LogP contribution is -2.36. The summed E-state index contributed by atoms with van der Waals surface area (Å²) in [6.45, 7) is 6.97. The Kier molecular flexibility index (Phi) is 5.74. The Morgan fingerprint density at radius 3 is 2.30 bits per heavy atom. The highest BCUT2D eigenvalue weighted by Crippen LogP contribution is 2.33. The molecule has 2 nitrogen and oxygen atoms in total. The molecule has 0 amide bonds. The van der Waals surface area contributed by atoms with E-state index in [4.69, 9.17) is 4.74 Å². The molecule has 0 saturated carbocycles. The van der Waals surface area contributed by atoms with E-state index in [1.54, 1.807) is 19.2 Å². The molecule has 0 unspecified atom stereocenters. The molecule has 1 aliphatic heterocycles. The van der Waals surface area contributed by atoms with Crippen LogP contribution in [-0.4, -0.2) is 37.7 Å². The van der Waals surface area contributed by atoms with Gasteiger partial charge in [-0.1, -0.05) is 26.0 Å². The molecule has 1 heterocycles. The normalized spacial score (nSPS) is 20.2. The number of ether oxygens (including phenoxy) is 1. The van der Waals surface area contributed by atoms with E-state index in [2.05, 4.69) is 18.7 Å². The van der Waals surface area contributed by atoms with Gasteiger partial charge in [0.05, 0.1) is 12.2 Å². The van der Waals surface area contributed by atoms with Crippen LogP contribution in [0.1, 0.15) is 44.2 Å². The number of likely N-dealkylation sites (tertiary alicyclic amines) is 1. The van der Waals surface area contributed by atoms with Gasteiger partial charge in [-0.2, -0.15) is 13.2 Å². The molecular formula is C18H26F3NO. The lowest BCUT2D eigenvalue weighted by molar-refractivity contribution is -0.137. The van der Waals surface area contributed by atoms with Crippen molar-refractivity contribution in [1.29, 1.82) is 0 Å². The maximum Gasteiger partial charge on any atom is 0.416 e. The van der Waals surface area contributed by atoms with Crippen molar-refractivity contribution >= 4 is 0 Å². The van der Waals surface area contributed by atoms with Gasteiger partial charge in [-0.25, -0.2) is 0 Å². The molecule has 130 valence electrons. The molecule has 1 aliphatic rings. The Hall–Kier alpha value is -1.07. The third kappa shape index (κ3) is 4.70. The standard InChI is InChI=1S/C18H26F3NO/c1-17(2,10-12-22-11-4-5-16(22)13-23-3)14-6-8-15(9-7-14)18(19,20)21/h6-9,16H,4-5,10-13H2,1-3H3/t16-/m1/s1. The number of hydrogen-bond donors (Lipinski definition) is 0. The van der Waals surface area contributed by atoms with Crippen molar-refractivity contribution in [1.82, 2.24) is 4.90 Å². The average Bonchev–Trinajstić information content (AvgIpc) is 2.92. The molecule has 23 heavy (non-hydrogen) atoms. The van der Waals surface area contributed by atoms with Crippen LogP contribution in [-0.2, 0) is 16.3 Å². The number of methoxy groups -OCH3 is 1. The maximum atomic E-state index is 12.7. The minimum atomic E-state index is -4.27. The third-order valence-electron chi connectivity index (χ3n) is 4.88. The zero-order valence-corrected chi connectivity index (χ0v) is 14.1. The van der Waals surface area contributed by atoms with Crippen molar-refractivity contribution in [3.05, 3.63) is 35.4 Å². The second-order valence-electron chi connectivity index (χ2n) is 7.00. The zero-order chi connectivity index (χ0) is 17.1. The molecule has 5 heteroatoms. The summed E-state index contributed by atoms with van der Waals surface area (Å²) in [5.74, 6) is 0. The fourth-order valence-corrected chi connectivity index (χ4v) is 3.25. The quantitative estimate of drug-likeness (QED) is 0.763. The summed E-state index contributed by atoms with van der Waals surface area (Å²) in [6, 6.07) is 6.06. The minimum absolute atomic E-state index is 0.148. The largest absolute Gasteiger partial charge is 0.416 e. The van der Waals surface area contributed by atoms with E-state index in [-0.39, 0.29) is 5.41 Å². The van der Waals surface area contributed by atoms with Crippen molar-refractivity contribution < 1.29 is 17.9 Å². The lowest BCUT2D eigenvalue weighted by atomic mass is 9.81. The summed E-state index contributed by atoms with van der Waals surface area (Å²) < 4.78 is 43.3. The molecular weight excluding hydrogens is 303 g/mol. The average molecular weight is 329 g/mol.